The van der Waals surface area contributed by atoms with Gasteiger partial charge in [-0.25, -0.2) is 4.79 Å². The van der Waals surface area contributed by atoms with E-state index in [2.05, 4.69) is 18.7 Å². The second kappa shape index (κ2) is 6.13. The van der Waals surface area contributed by atoms with Gasteiger partial charge >= 0.3 is 5.97 Å². The summed E-state index contributed by atoms with van der Waals surface area (Å²) in [6.45, 7) is 6.07. The van der Waals surface area contributed by atoms with E-state index in [1.807, 2.05) is 6.07 Å². The Morgan fingerprint density at radius 3 is 2.35 bits per heavy atom. The zero-order valence-electron chi connectivity index (χ0n) is 10.4. The van der Waals surface area contributed by atoms with Gasteiger partial charge in [0.15, 0.2) is 0 Å². The number of nitrogens with two attached hydrogens (primary N) is 1. The Morgan fingerprint density at radius 2 is 1.88 bits per heavy atom. The highest BCUT2D eigenvalue weighted by Crippen LogP contribution is 2.21. The van der Waals surface area contributed by atoms with E-state index in [4.69, 9.17) is 10.8 Å². The van der Waals surface area contributed by atoms with E-state index in [1.54, 1.807) is 12.1 Å². The third-order valence-electron chi connectivity index (χ3n) is 2.62. The number of carboxylic acids is 1. The molecule has 0 aliphatic heterocycles. The molecule has 0 spiro atoms. The number of benzene rings is 1. The molecular weight excluding hydrogens is 216 g/mol. The van der Waals surface area contributed by atoms with Crippen LogP contribution < -0.4 is 10.6 Å². The molecule has 0 bridgehead atoms. The predicted molar refractivity (Wildman–Crippen MR) is 70.6 cm³/mol. The molecule has 0 aliphatic carbocycles. The average molecular weight is 236 g/mol. The number of carbonyl (C=O) groups is 1. The molecule has 0 aliphatic rings. The van der Waals surface area contributed by atoms with Gasteiger partial charge in [0.05, 0.1) is 5.56 Å². The molecule has 0 fully saturated rings. The molecule has 1 rings (SSSR count). The molecule has 0 amide bonds. The van der Waals surface area contributed by atoms with Gasteiger partial charge in [0.1, 0.15) is 0 Å². The Hall–Kier alpha value is -1.71. The molecule has 4 heteroatoms. The predicted octanol–water partition coefficient (Wildman–Crippen LogP) is 2.59. The molecule has 94 valence electrons. The van der Waals surface area contributed by atoms with Crippen LogP contribution >= 0.6 is 0 Å². The van der Waals surface area contributed by atoms with Crippen LogP contribution in [0, 0.1) is 0 Å². The monoisotopic (exact) mass is 236 g/mol. The van der Waals surface area contributed by atoms with Crippen LogP contribution in [0.2, 0.25) is 0 Å². The second-order valence-corrected chi connectivity index (χ2v) is 4.06. The Kier molecular flexibility index (Phi) is 4.82. The SMILES string of the molecule is CCCN(CCC)c1ccc(N)c(C(=O)O)c1. The van der Waals surface area contributed by atoms with Crippen molar-refractivity contribution in [3.05, 3.63) is 23.8 Å². The fourth-order valence-electron chi connectivity index (χ4n) is 1.84. The molecule has 3 N–H and O–H groups in total. The lowest BCUT2D eigenvalue weighted by Gasteiger charge is -2.24. The maximum absolute atomic E-state index is 11.0. The van der Waals surface area contributed by atoms with Crippen LogP contribution in [0.4, 0.5) is 11.4 Å². The molecule has 0 heterocycles. The molecule has 1 aromatic carbocycles. The van der Waals surface area contributed by atoms with E-state index < -0.39 is 5.97 Å². The summed E-state index contributed by atoms with van der Waals surface area (Å²) in [6.07, 6.45) is 2.07. The number of carboxylic acid groups (broad SMARTS) is 1. The minimum atomic E-state index is -0.975. The quantitative estimate of drug-likeness (QED) is 0.745. The normalized spacial score (nSPS) is 10.2. The van der Waals surface area contributed by atoms with E-state index in [0.717, 1.165) is 31.6 Å². The number of nitrogen functional groups attached to an aromatic ring is 1. The highest BCUT2D eigenvalue weighted by molar-refractivity contribution is 5.94. The van der Waals surface area contributed by atoms with E-state index in [9.17, 15) is 4.79 Å². The van der Waals surface area contributed by atoms with Crippen LogP contribution in [0.3, 0.4) is 0 Å². The van der Waals surface area contributed by atoms with Crippen molar-refractivity contribution >= 4 is 17.3 Å². The van der Waals surface area contributed by atoms with Crippen molar-refractivity contribution in [1.29, 1.82) is 0 Å². The minimum absolute atomic E-state index is 0.180. The van der Waals surface area contributed by atoms with Gasteiger partial charge < -0.3 is 15.7 Å². The lowest BCUT2D eigenvalue weighted by atomic mass is 10.1. The molecule has 0 unspecified atom stereocenters. The van der Waals surface area contributed by atoms with Crippen LogP contribution in [0.15, 0.2) is 18.2 Å². The molecule has 4 nitrogen and oxygen atoms in total. The summed E-state index contributed by atoms with van der Waals surface area (Å²) in [7, 11) is 0. The maximum atomic E-state index is 11.0. The van der Waals surface area contributed by atoms with Crippen LogP contribution in [0.25, 0.3) is 0 Å². The topological polar surface area (TPSA) is 66.6 Å². The van der Waals surface area contributed by atoms with Gasteiger partial charge in [0.2, 0.25) is 0 Å². The molecule has 17 heavy (non-hydrogen) atoms. The maximum Gasteiger partial charge on any atom is 0.337 e. The number of aromatic carboxylic acids is 1. The third kappa shape index (κ3) is 3.37. The first-order chi connectivity index (χ1) is 8.10. The van der Waals surface area contributed by atoms with Crippen LogP contribution in [-0.2, 0) is 0 Å². The highest BCUT2D eigenvalue weighted by Gasteiger charge is 2.11. The first-order valence-electron chi connectivity index (χ1n) is 5.97. The summed E-state index contributed by atoms with van der Waals surface area (Å²) in [5.74, 6) is -0.975. The smallest absolute Gasteiger partial charge is 0.337 e. The van der Waals surface area contributed by atoms with Gasteiger partial charge in [0.25, 0.3) is 0 Å². The fourth-order valence-corrected chi connectivity index (χ4v) is 1.84. The Labute approximate surface area is 102 Å². The first kappa shape index (κ1) is 13.4. The Morgan fingerprint density at radius 1 is 1.29 bits per heavy atom. The first-order valence-corrected chi connectivity index (χ1v) is 5.97. The largest absolute Gasteiger partial charge is 0.478 e. The van der Waals surface area contributed by atoms with Gasteiger partial charge in [-0.2, -0.15) is 0 Å². The van der Waals surface area contributed by atoms with Crippen molar-refractivity contribution < 1.29 is 9.90 Å². The van der Waals surface area contributed by atoms with Crippen molar-refractivity contribution in [2.24, 2.45) is 0 Å². The van der Waals surface area contributed by atoms with Gasteiger partial charge in [-0.3, -0.25) is 0 Å². The van der Waals surface area contributed by atoms with Crippen LogP contribution in [-0.4, -0.2) is 24.2 Å². The summed E-state index contributed by atoms with van der Waals surface area (Å²) in [5, 5.41) is 9.03. The molecule has 1 aromatic rings. The van der Waals surface area contributed by atoms with E-state index in [-0.39, 0.29) is 5.56 Å². The average Bonchev–Trinajstić information content (AvgIpc) is 2.29. The number of hydrogen-bond acceptors (Lipinski definition) is 3. The Balaban J connectivity index is 3.03. The van der Waals surface area contributed by atoms with Crippen molar-refractivity contribution in [1.82, 2.24) is 0 Å². The van der Waals surface area contributed by atoms with Gasteiger partial charge in [-0.1, -0.05) is 13.8 Å². The minimum Gasteiger partial charge on any atom is -0.478 e. The molecule has 0 aromatic heterocycles. The number of anilines is 2. The lowest BCUT2D eigenvalue weighted by Crippen LogP contribution is -2.25. The highest BCUT2D eigenvalue weighted by atomic mass is 16.4. The van der Waals surface area contributed by atoms with Crippen molar-refractivity contribution in [3.63, 3.8) is 0 Å². The van der Waals surface area contributed by atoms with Gasteiger partial charge in [-0.15, -0.1) is 0 Å². The molecule has 0 atom stereocenters. The summed E-state index contributed by atoms with van der Waals surface area (Å²) in [4.78, 5) is 13.2. The van der Waals surface area contributed by atoms with Gasteiger partial charge in [-0.05, 0) is 31.0 Å². The molecular formula is C13H20N2O2. The van der Waals surface area contributed by atoms with E-state index >= 15 is 0 Å². The van der Waals surface area contributed by atoms with E-state index in [0.29, 0.717) is 5.69 Å². The summed E-state index contributed by atoms with van der Waals surface area (Å²) in [5.41, 5.74) is 7.06. The summed E-state index contributed by atoms with van der Waals surface area (Å²) in [6, 6.07) is 5.20. The van der Waals surface area contributed by atoms with Gasteiger partial charge in [0, 0.05) is 24.5 Å². The van der Waals surface area contributed by atoms with Crippen molar-refractivity contribution in [2.45, 2.75) is 26.7 Å². The third-order valence-corrected chi connectivity index (χ3v) is 2.62. The molecule has 0 radical (unpaired) electrons. The van der Waals surface area contributed by atoms with E-state index in [1.165, 1.54) is 0 Å². The van der Waals surface area contributed by atoms with Crippen molar-refractivity contribution in [3.8, 4) is 0 Å². The fraction of sp³-hybridized carbons (Fsp3) is 0.462. The number of rotatable bonds is 6. The zero-order valence-corrected chi connectivity index (χ0v) is 10.4. The Bertz CT molecular complexity index is 385. The van der Waals surface area contributed by atoms with Crippen LogP contribution in [0.1, 0.15) is 37.0 Å². The second-order valence-electron chi connectivity index (χ2n) is 4.06. The van der Waals surface area contributed by atoms with Crippen LogP contribution in [0.5, 0.6) is 0 Å². The zero-order chi connectivity index (χ0) is 12.8. The summed E-state index contributed by atoms with van der Waals surface area (Å²) >= 11 is 0. The number of hydrogen-bond donors (Lipinski definition) is 2. The summed E-state index contributed by atoms with van der Waals surface area (Å²) < 4.78 is 0. The molecule has 0 saturated carbocycles. The van der Waals surface area contributed by atoms with Crippen molar-refractivity contribution in [2.75, 3.05) is 23.7 Å². The molecule has 0 saturated heterocycles. The number of nitrogens with zero attached hydrogens (tertiary/aromatic N) is 1. The lowest BCUT2D eigenvalue weighted by molar-refractivity contribution is 0.0698. The standard InChI is InChI=1S/C13H20N2O2/c1-3-7-15(8-4-2)10-5-6-12(14)11(9-10)13(16)17/h5-6,9H,3-4,7-8,14H2,1-2H3,(H,16,17).